The summed E-state index contributed by atoms with van der Waals surface area (Å²) in [6.45, 7) is 3.22. The zero-order valence-electron chi connectivity index (χ0n) is 6.79. The standard InChI is InChI=1S/C6H11NO3S/c1-6(2)5(8)4-11(9,10)7(6)3/h4H2,1-3H3. The highest BCUT2D eigenvalue weighted by atomic mass is 32.2. The molecule has 0 aromatic heterocycles. The van der Waals surface area contributed by atoms with Gasteiger partial charge in [0.2, 0.25) is 10.0 Å². The second kappa shape index (κ2) is 2.04. The fraction of sp³-hybridized carbons (Fsp3) is 0.833. The molecule has 0 bridgehead atoms. The molecule has 4 nitrogen and oxygen atoms in total. The van der Waals surface area contributed by atoms with E-state index in [4.69, 9.17) is 0 Å². The van der Waals surface area contributed by atoms with Crippen LogP contribution in [0.15, 0.2) is 0 Å². The van der Waals surface area contributed by atoms with Gasteiger partial charge in [-0.25, -0.2) is 8.42 Å². The normalized spacial score (nSPS) is 29.2. The molecule has 0 aliphatic carbocycles. The van der Waals surface area contributed by atoms with Crippen molar-refractivity contribution in [1.29, 1.82) is 0 Å². The number of ketones is 1. The van der Waals surface area contributed by atoms with Gasteiger partial charge in [-0.15, -0.1) is 0 Å². The molecule has 0 aromatic carbocycles. The summed E-state index contributed by atoms with van der Waals surface area (Å²) in [4.78, 5) is 11.1. The van der Waals surface area contributed by atoms with E-state index in [1.165, 1.54) is 7.05 Å². The number of nitrogens with zero attached hydrogens (tertiary/aromatic N) is 1. The van der Waals surface area contributed by atoms with Gasteiger partial charge in [0.1, 0.15) is 5.75 Å². The van der Waals surface area contributed by atoms with Crippen molar-refractivity contribution < 1.29 is 13.2 Å². The zero-order valence-corrected chi connectivity index (χ0v) is 7.60. The molecule has 1 saturated heterocycles. The van der Waals surface area contributed by atoms with Crippen molar-refractivity contribution in [3.8, 4) is 0 Å². The van der Waals surface area contributed by atoms with E-state index in [0.717, 1.165) is 4.31 Å². The first-order chi connectivity index (χ1) is 4.78. The summed E-state index contributed by atoms with van der Waals surface area (Å²) >= 11 is 0. The molecule has 0 aromatic rings. The molecular weight excluding hydrogens is 166 g/mol. The summed E-state index contributed by atoms with van der Waals surface area (Å²) in [5, 5.41) is 0. The third-order valence-electron chi connectivity index (χ3n) is 2.20. The van der Waals surface area contributed by atoms with Crippen LogP contribution in [0.5, 0.6) is 0 Å². The number of sulfonamides is 1. The molecule has 0 atom stereocenters. The van der Waals surface area contributed by atoms with Crippen molar-refractivity contribution in [2.24, 2.45) is 0 Å². The largest absolute Gasteiger partial charge is 0.296 e. The second-order valence-electron chi connectivity index (χ2n) is 3.21. The van der Waals surface area contributed by atoms with Crippen LogP contribution in [0.3, 0.4) is 0 Å². The van der Waals surface area contributed by atoms with Crippen LogP contribution in [-0.4, -0.2) is 36.8 Å². The van der Waals surface area contributed by atoms with Gasteiger partial charge in [-0.3, -0.25) is 4.79 Å². The van der Waals surface area contributed by atoms with E-state index < -0.39 is 15.6 Å². The van der Waals surface area contributed by atoms with E-state index >= 15 is 0 Å². The van der Waals surface area contributed by atoms with E-state index in [9.17, 15) is 13.2 Å². The predicted octanol–water partition coefficient (Wildman–Crippen LogP) is -0.391. The Morgan fingerprint density at radius 3 is 2.00 bits per heavy atom. The first kappa shape index (κ1) is 8.67. The van der Waals surface area contributed by atoms with Crippen molar-refractivity contribution in [1.82, 2.24) is 4.31 Å². The van der Waals surface area contributed by atoms with E-state index in [-0.39, 0.29) is 11.5 Å². The van der Waals surface area contributed by atoms with Crippen molar-refractivity contribution in [2.75, 3.05) is 12.8 Å². The van der Waals surface area contributed by atoms with Crippen molar-refractivity contribution in [3.05, 3.63) is 0 Å². The molecule has 1 fully saturated rings. The molecule has 0 spiro atoms. The van der Waals surface area contributed by atoms with E-state index in [2.05, 4.69) is 0 Å². The van der Waals surface area contributed by atoms with Gasteiger partial charge in [-0.1, -0.05) is 0 Å². The monoisotopic (exact) mass is 177 g/mol. The first-order valence-corrected chi connectivity index (χ1v) is 4.89. The fourth-order valence-electron chi connectivity index (χ4n) is 0.962. The molecule has 1 aliphatic heterocycles. The Morgan fingerprint density at radius 1 is 1.45 bits per heavy atom. The lowest BCUT2D eigenvalue weighted by atomic mass is 10.0. The van der Waals surface area contributed by atoms with E-state index in [0.29, 0.717) is 0 Å². The fourth-order valence-corrected chi connectivity index (χ4v) is 2.64. The summed E-state index contributed by atoms with van der Waals surface area (Å²) in [5.41, 5.74) is -0.848. The Kier molecular flexibility index (Phi) is 1.61. The number of carbonyl (C=O) groups excluding carboxylic acids is 1. The van der Waals surface area contributed by atoms with Gasteiger partial charge < -0.3 is 0 Å². The van der Waals surface area contributed by atoms with E-state index in [1.54, 1.807) is 13.8 Å². The van der Waals surface area contributed by atoms with Crippen LogP contribution in [0.25, 0.3) is 0 Å². The average molecular weight is 177 g/mol. The second-order valence-corrected chi connectivity index (χ2v) is 5.21. The average Bonchev–Trinajstić information content (AvgIpc) is 1.94. The van der Waals surface area contributed by atoms with E-state index in [1.807, 2.05) is 0 Å². The Balaban J connectivity index is 3.19. The summed E-state index contributed by atoms with van der Waals surface area (Å²) in [6, 6.07) is 0. The molecule has 0 amide bonds. The Bertz CT molecular complexity index is 291. The molecule has 1 aliphatic rings. The topological polar surface area (TPSA) is 54.5 Å². The van der Waals surface area contributed by atoms with Crippen LogP contribution in [0, 0.1) is 0 Å². The Morgan fingerprint density at radius 2 is 1.91 bits per heavy atom. The maximum Gasteiger partial charge on any atom is 0.221 e. The molecule has 11 heavy (non-hydrogen) atoms. The highest BCUT2D eigenvalue weighted by molar-refractivity contribution is 7.90. The van der Waals surface area contributed by atoms with Crippen LogP contribution in [0.2, 0.25) is 0 Å². The molecule has 0 saturated carbocycles. The van der Waals surface area contributed by atoms with Gasteiger partial charge in [0.05, 0.1) is 5.54 Å². The maximum atomic E-state index is 11.1. The van der Waals surface area contributed by atoms with Gasteiger partial charge in [0.25, 0.3) is 0 Å². The summed E-state index contributed by atoms with van der Waals surface area (Å²) in [7, 11) is -1.87. The minimum atomic E-state index is -3.30. The van der Waals surface area contributed by atoms with Crippen molar-refractivity contribution >= 4 is 15.8 Å². The number of hydrogen-bond donors (Lipinski definition) is 0. The molecule has 1 rings (SSSR count). The zero-order chi connectivity index (χ0) is 8.86. The van der Waals surface area contributed by atoms with Gasteiger partial charge in [0.15, 0.2) is 5.78 Å². The lowest BCUT2D eigenvalue weighted by Gasteiger charge is -2.22. The predicted molar refractivity (Wildman–Crippen MR) is 40.6 cm³/mol. The first-order valence-electron chi connectivity index (χ1n) is 3.28. The minimum Gasteiger partial charge on any atom is -0.296 e. The lowest BCUT2D eigenvalue weighted by molar-refractivity contribution is -0.122. The van der Waals surface area contributed by atoms with Gasteiger partial charge in [-0.2, -0.15) is 4.31 Å². The van der Waals surface area contributed by atoms with Gasteiger partial charge in [-0.05, 0) is 13.8 Å². The lowest BCUT2D eigenvalue weighted by Crippen LogP contribution is -2.41. The number of Topliss-reactive ketones (excluding diaryl/α,β-unsaturated/α-hetero) is 1. The smallest absolute Gasteiger partial charge is 0.221 e. The minimum absolute atomic E-state index is 0.236. The van der Waals surface area contributed by atoms with Crippen LogP contribution in [0.1, 0.15) is 13.8 Å². The molecule has 0 unspecified atom stereocenters. The van der Waals surface area contributed by atoms with Crippen molar-refractivity contribution in [2.45, 2.75) is 19.4 Å². The Hall–Kier alpha value is -0.420. The third-order valence-corrected chi connectivity index (χ3v) is 4.12. The Labute approximate surface area is 66.2 Å². The van der Waals surface area contributed by atoms with Crippen LogP contribution in [0.4, 0.5) is 0 Å². The van der Waals surface area contributed by atoms with Crippen molar-refractivity contribution in [3.63, 3.8) is 0 Å². The molecule has 64 valence electrons. The number of rotatable bonds is 0. The summed E-state index contributed by atoms with van der Waals surface area (Å²) in [5.74, 6) is -0.587. The molecule has 0 N–H and O–H groups in total. The van der Waals surface area contributed by atoms with Gasteiger partial charge in [0, 0.05) is 7.05 Å². The molecule has 1 heterocycles. The molecule has 5 heteroatoms. The highest BCUT2D eigenvalue weighted by Crippen LogP contribution is 2.25. The third kappa shape index (κ3) is 1.08. The number of likely N-dealkylation sites (N-methyl/N-ethyl adjacent to an activating group) is 1. The van der Waals surface area contributed by atoms with Gasteiger partial charge >= 0.3 is 0 Å². The van der Waals surface area contributed by atoms with Crippen LogP contribution < -0.4 is 0 Å². The van der Waals surface area contributed by atoms with Crippen LogP contribution in [-0.2, 0) is 14.8 Å². The SMILES string of the molecule is CN1C(C)(C)C(=O)CS1(=O)=O. The van der Waals surface area contributed by atoms with Crippen LogP contribution >= 0.6 is 0 Å². The molecule has 0 radical (unpaired) electrons. The number of hydrogen-bond acceptors (Lipinski definition) is 3. The quantitative estimate of drug-likeness (QED) is 0.506. The number of carbonyl (C=O) groups is 1. The maximum absolute atomic E-state index is 11.1. The summed E-state index contributed by atoms with van der Waals surface area (Å²) < 4.78 is 23.3. The summed E-state index contributed by atoms with van der Waals surface area (Å²) in [6.07, 6.45) is 0. The highest BCUT2D eigenvalue weighted by Gasteiger charge is 2.47. The molecular formula is C6H11NO3S.